The summed E-state index contributed by atoms with van der Waals surface area (Å²) < 4.78 is 5.06. The molecule has 21 heavy (non-hydrogen) atoms. The molecule has 1 atom stereocenters. The second-order valence-corrected chi connectivity index (χ2v) is 5.29. The van der Waals surface area contributed by atoms with Crippen LogP contribution in [0.3, 0.4) is 0 Å². The van der Waals surface area contributed by atoms with Crippen molar-refractivity contribution in [2.45, 2.75) is 33.7 Å². The molecular weight excluding hydrogens is 274 g/mol. The Kier molecular flexibility index (Phi) is 3.93. The average molecular weight is 291 g/mol. The average Bonchev–Trinajstić information content (AvgIpc) is 2.75. The summed E-state index contributed by atoms with van der Waals surface area (Å²) in [5, 5.41) is 16.0. The second kappa shape index (κ2) is 5.51. The second-order valence-electron chi connectivity index (χ2n) is 5.29. The Hall–Kier alpha value is -2.44. The number of nitrogens with zero attached hydrogens (tertiary/aromatic N) is 2. The van der Waals surface area contributed by atoms with Crippen LogP contribution in [0.1, 0.15) is 35.6 Å². The van der Waals surface area contributed by atoms with Crippen LogP contribution in [0, 0.1) is 19.8 Å². The standard InChI is InChI=1S/C14H17N3O4/c1-6(2)11(14(19)20)16-12(18)9-5-7(3)15-13-10(9)8(4)17-21-13/h5-6,11H,1-4H3,(H,16,18)(H,19,20). The molecule has 112 valence electrons. The molecule has 1 unspecified atom stereocenters. The van der Waals surface area contributed by atoms with E-state index in [1.54, 1.807) is 33.8 Å². The van der Waals surface area contributed by atoms with Crippen LogP contribution >= 0.6 is 0 Å². The van der Waals surface area contributed by atoms with Gasteiger partial charge in [0.05, 0.1) is 16.6 Å². The van der Waals surface area contributed by atoms with Gasteiger partial charge in [-0.05, 0) is 25.8 Å². The molecule has 2 aromatic heterocycles. The monoisotopic (exact) mass is 291 g/mol. The van der Waals surface area contributed by atoms with Crippen molar-refractivity contribution < 1.29 is 19.2 Å². The van der Waals surface area contributed by atoms with E-state index in [1.807, 2.05) is 0 Å². The van der Waals surface area contributed by atoms with Crippen molar-refractivity contribution in [3.05, 3.63) is 23.0 Å². The molecule has 7 nitrogen and oxygen atoms in total. The number of aryl methyl sites for hydroxylation is 2. The highest BCUT2D eigenvalue weighted by molar-refractivity contribution is 6.07. The first-order chi connectivity index (χ1) is 9.81. The lowest BCUT2D eigenvalue weighted by Gasteiger charge is -2.18. The van der Waals surface area contributed by atoms with Crippen molar-refractivity contribution in [3.63, 3.8) is 0 Å². The Morgan fingerprint density at radius 3 is 2.57 bits per heavy atom. The number of carbonyl (C=O) groups is 2. The largest absolute Gasteiger partial charge is 0.480 e. The van der Waals surface area contributed by atoms with Crippen molar-refractivity contribution in [1.29, 1.82) is 0 Å². The van der Waals surface area contributed by atoms with Gasteiger partial charge >= 0.3 is 5.97 Å². The van der Waals surface area contributed by atoms with Gasteiger partial charge < -0.3 is 14.9 Å². The predicted molar refractivity (Wildman–Crippen MR) is 75.0 cm³/mol. The molecule has 2 rings (SSSR count). The molecular formula is C14H17N3O4. The predicted octanol–water partition coefficient (Wildman–Crippen LogP) is 1.68. The van der Waals surface area contributed by atoms with Crippen molar-refractivity contribution in [3.8, 4) is 0 Å². The summed E-state index contributed by atoms with van der Waals surface area (Å²) in [6, 6.07) is 0.641. The van der Waals surface area contributed by atoms with E-state index < -0.39 is 17.9 Å². The summed E-state index contributed by atoms with van der Waals surface area (Å²) in [5.74, 6) is -1.77. The summed E-state index contributed by atoms with van der Waals surface area (Å²) in [6.07, 6.45) is 0. The quantitative estimate of drug-likeness (QED) is 0.887. The Balaban J connectivity index is 2.44. The van der Waals surface area contributed by atoms with Crippen molar-refractivity contribution in [1.82, 2.24) is 15.5 Å². The Morgan fingerprint density at radius 1 is 1.33 bits per heavy atom. The molecule has 0 aliphatic carbocycles. The van der Waals surface area contributed by atoms with E-state index in [0.717, 1.165) is 0 Å². The van der Waals surface area contributed by atoms with Crippen LogP contribution in [0.4, 0.5) is 0 Å². The lowest BCUT2D eigenvalue weighted by atomic mass is 10.0. The number of hydrogen-bond donors (Lipinski definition) is 2. The molecule has 0 spiro atoms. The number of nitrogens with one attached hydrogen (secondary N) is 1. The Labute approximate surface area is 121 Å². The molecule has 7 heteroatoms. The number of fused-ring (bicyclic) bond motifs is 1. The molecule has 0 aliphatic rings. The van der Waals surface area contributed by atoms with Gasteiger partial charge in [-0.2, -0.15) is 0 Å². The van der Waals surface area contributed by atoms with Crippen LogP contribution in [0.15, 0.2) is 10.6 Å². The maximum atomic E-state index is 12.4. The minimum atomic E-state index is -1.07. The minimum Gasteiger partial charge on any atom is -0.480 e. The fourth-order valence-corrected chi connectivity index (χ4v) is 2.13. The van der Waals surface area contributed by atoms with Crippen LogP contribution < -0.4 is 5.32 Å². The van der Waals surface area contributed by atoms with E-state index in [9.17, 15) is 9.59 Å². The smallest absolute Gasteiger partial charge is 0.326 e. The first-order valence-corrected chi connectivity index (χ1v) is 6.58. The number of amides is 1. The third-order valence-electron chi connectivity index (χ3n) is 3.21. The van der Waals surface area contributed by atoms with Crippen molar-refractivity contribution in [2.75, 3.05) is 0 Å². The summed E-state index contributed by atoms with van der Waals surface area (Å²) >= 11 is 0. The van der Waals surface area contributed by atoms with Crippen molar-refractivity contribution >= 4 is 23.0 Å². The van der Waals surface area contributed by atoms with Gasteiger partial charge in [-0.15, -0.1) is 0 Å². The third-order valence-corrected chi connectivity index (χ3v) is 3.21. The zero-order valence-electron chi connectivity index (χ0n) is 12.3. The number of carboxylic acids is 1. The zero-order chi connectivity index (χ0) is 15.7. The van der Waals surface area contributed by atoms with E-state index in [2.05, 4.69) is 15.5 Å². The number of hydrogen-bond acceptors (Lipinski definition) is 5. The van der Waals surface area contributed by atoms with Gasteiger partial charge in [-0.3, -0.25) is 4.79 Å². The first kappa shape index (κ1) is 15.0. The van der Waals surface area contributed by atoms with Gasteiger partial charge in [0.15, 0.2) is 0 Å². The number of carbonyl (C=O) groups excluding carboxylic acids is 1. The lowest BCUT2D eigenvalue weighted by Crippen LogP contribution is -2.44. The number of pyridine rings is 1. The summed E-state index contributed by atoms with van der Waals surface area (Å²) in [6.45, 7) is 6.90. The maximum absolute atomic E-state index is 12.4. The molecule has 0 saturated heterocycles. The fourth-order valence-electron chi connectivity index (χ4n) is 2.13. The normalized spacial score (nSPS) is 12.6. The summed E-state index contributed by atoms with van der Waals surface area (Å²) in [4.78, 5) is 27.8. The lowest BCUT2D eigenvalue weighted by molar-refractivity contribution is -0.140. The van der Waals surface area contributed by atoms with E-state index in [1.165, 1.54) is 0 Å². The third kappa shape index (κ3) is 2.86. The topological polar surface area (TPSA) is 105 Å². The SMILES string of the molecule is Cc1cc(C(=O)NC(C(=O)O)C(C)C)c2c(C)noc2n1. The number of aromatic nitrogens is 2. The Bertz CT molecular complexity index is 706. The van der Waals surface area contributed by atoms with Gasteiger partial charge in [-0.1, -0.05) is 19.0 Å². The molecule has 1 amide bonds. The minimum absolute atomic E-state index is 0.228. The van der Waals surface area contributed by atoms with Gasteiger partial charge in [0.1, 0.15) is 6.04 Å². The summed E-state index contributed by atoms with van der Waals surface area (Å²) in [7, 11) is 0. The molecule has 2 aromatic rings. The number of carboxylic acid groups (broad SMARTS) is 1. The highest BCUT2D eigenvalue weighted by Gasteiger charge is 2.26. The van der Waals surface area contributed by atoms with Crippen LogP contribution in [0.2, 0.25) is 0 Å². The van der Waals surface area contributed by atoms with Gasteiger partial charge in [0, 0.05) is 5.69 Å². The van der Waals surface area contributed by atoms with E-state index in [0.29, 0.717) is 22.3 Å². The Morgan fingerprint density at radius 2 is 2.00 bits per heavy atom. The fraction of sp³-hybridized carbons (Fsp3) is 0.429. The van der Waals surface area contributed by atoms with Gasteiger partial charge in [-0.25, -0.2) is 9.78 Å². The van der Waals surface area contributed by atoms with Crippen LogP contribution in [0.25, 0.3) is 11.1 Å². The van der Waals surface area contributed by atoms with Gasteiger partial charge in [0.25, 0.3) is 11.6 Å². The van der Waals surface area contributed by atoms with E-state index in [4.69, 9.17) is 9.63 Å². The highest BCUT2D eigenvalue weighted by atomic mass is 16.5. The molecule has 0 saturated carbocycles. The van der Waals surface area contributed by atoms with Crippen LogP contribution in [-0.2, 0) is 4.79 Å². The molecule has 0 aliphatic heterocycles. The van der Waals surface area contributed by atoms with Crippen molar-refractivity contribution in [2.24, 2.45) is 5.92 Å². The van der Waals surface area contributed by atoms with Crippen LogP contribution in [0.5, 0.6) is 0 Å². The molecule has 2 N–H and O–H groups in total. The molecule has 0 aromatic carbocycles. The molecule has 2 heterocycles. The molecule has 0 bridgehead atoms. The number of aliphatic carboxylic acids is 1. The molecule has 0 radical (unpaired) electrons. The summed E-state index contributed by atoms with van der Waals surface area (Å²) in [5.41, 5.74) is 1.73. The zero-order valence-corrected chi connectivity index (χ0v) is 12.3. The molecule has 0 fully saturated rings. The van der Waals surface area contributed by atoms with Crippen LogP contribution in [-0.4, -0.2) is 33.2 Å². The number of rotatable bonds is 4. The highest BCUT2D eigenvalue weighted by Crippen LogP contribution is 2.22. The van der Waals surface area contributed by atoms with E-state index in [-0.39, 0.29) is 11.6 Å². The van der Waals surface area contributed by atoms with Gasteiger partial charge in [0.2, 0.25) is 0 Å². The first-order valence-electron chi connectivity index (χ1n) is 6.58. The maximum Gasteiger partial charge on any atom is 0.326 e. The van der Waals surface area contributed by atoms with E-state index >= 15 is 0 Å².